The number of nitrogens with one attached hydrogen (secondary N) is 1. The molecule has 10 heteroatoms. The number of benzene rings is 2. The lowest BCUT2D eigenvalue weighted by atomic mass is 10.1. The van der Waals surface area contributed by atoms with E-state index in [1.807, 2.05) is 24.3 Å². The fraction of sp³-hybridized carbons (Fsp3) is 0.0526. The van der Waals surface area contributed by atoms with Crippen LogP contribution in [0.25, 0.3) is 0 Å². The molecule has 0 saturated heterocycles. The predicted octanol–water partition coefficient (Wildman–Crippen LogP) is 5.05. The molecule has 29 heavy (non-hydrogen) atoms. The van der Waals surface area contributed by atoms with E-state index in [2.05, 4.69) is 20.5 Å². The molecule has 3 N–H and O–H groups in total. The molecule has 0 amide bonds. The number of para-hydroxylation sites is 1. The van der Waals surface area contributed by atoms with Crippen molar-refractivity contribution in [1.29, 1.82) is 5.26 Å². The molecular formula is C19H14FN7O2. The first kappa shape index (κ1) is 19.4. The van der Waals surface area contributed by atoms with Gasteiger partial charge in [-0.05, 0) is 25.1 Å². The number of aromatic nitrogens is 1. The number of nitrogens with two attached hydrogens (primary N) is 1. The van der Waals surface area contributed by atoms with E-state index in [1.165, 1.54) is 0 Å². The second kappa shape index (κ2) is 8.10. The maximum absolute atomic E-state index is 14.0. The van der Waals surface area contributed by atoms with Crippen LogP contribution in [0.5, 0.6) is 0 Å². The SMILES string of the molecule is Cc1c(C#N)c(Nc2ccccc2)nc(N)c1N=Nc1ccc([N+](=O)[O-])cc1F. The van der Waals surface area contributed by atoms with Gasteiger partial charge in [0.25, 0.3) is 5.69 Å². The Labute approximate surface area is 164 Å². The van der Waals surface area contributed by atoms with Crippen molar-refractivity contribution in [2.24, 2.45) is 10.2 Å². The molecule has 0 unspecified atom stereocenters. The van der Waals surface area contributed by atoms with Gasteiger partial charge >= 0.3 is 0 Å². The zero-order chi connectivity index (χ0) is 21.0. The largest absolute Gasteiger partial charge is 0.382 e. The van der Waals surface area contributed by atoms with E-state index in [0.29, 0.717) is 5.56 Å². The lowest BCUT2D eigenvalue weighted by molar-refractivity contribution is -0.385. The van der Waals surface area contributed by atoms with Crippen LogP contribution in [-0.2, 0) is 0 Å². The first-order valence-electron chi connectivity index (χ1n) is 8.28. The number of non-ortho nitro benzene ring substituents is 1. The van der Waals surface area contributed by atoms with Crippen molar-refractivity contribution in [2.75, 3.05) is 11.1 Å². The average Bonchev–Trinajstić information content (AvgIpc) is 2.69. The summed E-state index contributed by atoms with van der Waals surface area (Å²) in [6.45, 7) is 1.62. The van der Waals surface area contributed by atoms with E-state index in [0.717, 1.165) is 23.9 Å². The number of anilines is 3. The van der Waals surface area contributed by atoms with Crippen molar-refractivity contribution in [3.63, 3.8) is 0 Å². The molecule has 0 spiro atoms. The van der Waals surface area contributed by atoms with Crippen LogP contribution in [0.15, 0.2) is 58.8 Å². The molecule has 3 rings (SSSR count). The van der Waals surface area contributed by atoms with Crippen molar-refractivity contribution >= 4 is 34.4 Å². The van der Waals surface area contributed by atoms with Crippen molar-refractivity contribution in [3.8, 4) is 6.07 Å². The van der Waals surface area contributed by atoms with Crippen molar-refractivity contribution < 1.29 is 9.31 Å². The Morgan fingerprint density at radius 2 is 1.97 bits per heavy atom. The molecule has 0 radical (unpaired) electrons. The smallest absolute Gasteiger partial charge is 0.272 e. The minimum atomic E-state index is -0.907. The second-order valence-corrected chi connectivity index (χ2v) is 5.89. The van der Waals surface area contributed by atoms with Gasteiger partial charge in [-0.25, -0.2) is 9.37 Å². The Bertz CT molecular complexity index is 1160. The minimum absolute atomic E-state index is 0.00833. The van der Waals surface area contributed by atoms with Crippen LogP contribution < -0.4 is 11.1 Å². The molecule has 9 nitrogen and oxygen atoms in total. The summed E-state index contributed by atoms with van der Waals surface area (Å²) < 4.78 is 14.0. The topological polar surface area (TPSA) is 143 Å². The minimum Gasteiger partial charge on any atom is -0.382 e. The van der Waals surface area contributed by atoms with E-state index >= 15 is 0 Å². The fourth-order valence-corrected chi connectivity index (χ4v) is 2.52. The summed E-state index contributed by atoms with van der Waals surface area (Å²) in [4.78, 5) is 14.2. The molecule has 3 aromatic rings. The highest BCUT2D eigenvalue weighted by Crippen LogP contribution is 2.34. The maximum Gasteiger partial charge on any atom is 0.272 e. The number of halogens is 1. The summed E-state index contributed by atoms with van der Waals surface area (Å²) >= 11 is 0. The number of nitriles is 1. The van der Waals surface area contributed by atoms with E-state index in [-0.39, 0.29) is 28.6 Å². The van der Waals surface area contributed by atoms with Gasteiger partial charge in [0.05, 0.1) is 16.6 Å². The normalized spacial score (nSPS) is 10.7. The number of pyridine rings is 1. The number of rotatable bonds is 5. The van der Waals surface area contributed by atoms with Gasteiger partial charge in [0, 0.05) is 17.3 Å². The van der Waals surface area contributed by atoms with E-state index in [1.54, 1.807) is 19.1 Å². The summed E-state index contributed by atoms with van der Waals surface area (Å²) in [5.74, 6) is -0.657. The fourth-order valence-electron chi connectivity index (χ4n) is 2.52. The maximum atomic E-state index is 14.0. The number of hydrogen-bond acceptors (Lipinski definition) is 8. The van der Waals surface area contributed by atoms with Crippen molar-refractivity contribution in [1.82, 2.24) is 4.98 Å². The molecule has 1 aromatic heterocycles. The Kier molecular flexibility index (Phi) is 5.41. The molecule has 2 aromatic carbocycles. The van der Waals surface area contributed by atoms with Gasteiger partial charge in [-0.3, -0.25) is 10.1 Å². The molecule has 0 saturated carbocycles. The third-order valence-corrected chi connectivity index (χ3v) is 3.99. The second-order valence-electron chi connectivity index (χ2n) is 5.89. The standard InChI is InChI=1S/C19H14FN7O2/c1-11-14(10-21)19(23-12-5-3-2-4-6-12)24-18(22)17(11)26-25-16-8-7-13(27(28)29)9-15(16)20/h2-9H,1H3,(H3,22,23,24). The number of nitrogen functional groups attached to an aromatic ring is 1. The third kappa shape index (κ3) is 4.14. The van der Waals surface area contributed by atoms with Gasteiger partial charge in [0.2, 0.25) is 0 Å². The zero-order valence-electron chi connectivity index (χ0n) is 15.1. The highest BCUT2D eigenvalue weighted by atomic mass is 19.1. The first-order valence-corrected chi connectivity index (χ1v) is 8.28. The molecule has 144 valence electrons. The van der Waals surface area contributed by atoms with Crippen LogP contribution >= 0.6 is 0 Å². The number of azo groups is 1. The van der Waals surface area contributed by atoms with Gasteiger partial charge < -0.3 is 11.1 Å². The quantitative estimate of drug-likeness (QED) is 0.354. The summed E-state index contributed by atoms with van der Waals surface area (Å²) in [5.41, 5.74) is 6.80. The Morgan fingerprint density at radius 1 is 1.24 bits per heavy atom. The van der Waals surface area contributed by atoms with Crippen LogP contribution in [0.2, 0.25) is 0 Å². The van der Waals surface area contributed by atoms with Crippen LogP contribution in [0.1, 0.15) is 11.1 Å². The molecular weight excluding hydrogens is 377 g/mol. The van der Waals surface area contributed by atoms with Crippen LogP contribution in [-0.4, -0.2) is 9.91 Å². The predicted molar refractivity (Wildman–Crippen MR) is 105 cm³/mol. The lowest BCUT2D eigenvalue weighted by Crippen LogP contribution is -2.03. The molecule has 0 aliphatic carbocycles. The molecule has 0 bridgehead atoms. The number of hydrogen-bond donors (Lipinski definition) is 2. The third-order valence-electron chi connectivity index (χ3n) is 3.99. The summed E-state index contributed by atoms with van der Waals surface area (Å²) in [7, 11) is 0. The molecule has 0 atom stereocenters. The van der Waals surface area contributed by atoms with Gasteiger partial charge in [0.1, 0.15) is 17.4 Å². The van der Waals surface area contributed by atoms with E-state index in [9.17, 15) is 19.8 Å². The molecule has 0 aliphatic heterocycles. The zero-order valence-corrected chi connectivity index (χ0v) is 15.1. The molecule has 0 fully saturated rings. The highest BCUT2D eigenvalue weighted by molar-refractivity contribution is 5.75. The van der Waals surface area contributed by atoms with Crippen molar-refractivity contribution in [2.45, 2.75) is 6.92 Å². The average molecular weight is 391 g/mol. The summed E-state index contributed by atoms with van der Waals surface area (Å²) in [5, 5.41) is 30.9. The Hall–Kier alpha value is -4.39. The van der Waals surface area contributed by atoms with Gasteiger partial charge in [0.15, 0.2) is 17.5 Å². The van der Waals surface area contributed by atoms with E-state index < -0.39 is 16.4 Å². The lowest BCUT2D eigenvalue weighted by Gasteiger charge is -2.12. The van der Waals surface area contributed by atoms with E-state index in [4.69, 9.17) is 5.73 Å². The number of nitrogens with zero attached hydrogens (tertiary/aromatic N) is 5. The number of nitro benzene ring substituents is 1. The Morgan fingerprint density at radius 3 is 2.59 bits per heavy atom. The number of nitro groups is 1. The molecule has 0 aliphatic rings. The monoisotopic (exact) mass is 391 g/mol. The first-order chi connectivity index (χ1) is 13.9. The van der Waals surface area contributed by atoms with Gasteiger partial charge in [-0.15, -0.1) is 10.2 Å². The van der Waals surface area contributed by atoms with Crippen LogP contribution in [0.4, 0.5) is 38.8 Å². The summed E-state index contributed by atoms with van der Waals surface area (Å²) in [6.07, 6.45) is 0. The summed E-state index contributed by atoms with van der Waals surface area (Å²) in [6, 6.07) is 14.2. The Balaban J connectivity index is 1.97. The van der Waals surface area contributed by atoms with Gasteiger partial charge in [-0.2, -0.15) is 5.26 Å². The van der Waals surface area contributed by atoms with Crippen LogP contribution in [0, 0.1) is 34.2 Å². The molecule has 1 heterocycles. The van der Waals surface area contributed by atoms with Crippen molar-refractivity contribution in [3.05, 3.63) is 75.6 Å². The van der Waals surface area contributed by atoms with Crippen LogP contribution in [0.3, 0.4) is 0 Å². The highest BCUT2D eigenvalue weighted by Gasteiger charge is 2.16. The van der Waals surface area contributed by atoms with Gasteiger partial charge in [-0.1, -0.05) is 18.2 Å².